The SMILES string of the molecule is Cc1ccc2c3c1OC1C4(CCC5(O)[C@@H](C2)N(CC2CCC2)CC[C@]315)OCCO4. The van der Waals surface area contributed by atoms with Gasteiger partial charge in [0.2, 0.25) is 5.79 Å². The van der Waals surface area contributed by atoms with E-state index in [1.54, 1.807) is 0 Å². The van der Waals surface area contributed by atoms with Crippen molar-refractivity contribution in [2.45, 2.75) is 80.8 Å². The van der Waals surface area contributed by atoms with E-state index < -0.39 is 16.8 Å². The van der Waals surface area contributed by atoms with Crippen LogP contribution in [0.4, 0.5) is 0 Å². The van der Waals surface area contributed by atoms with Crippen LogP contribution in [0.3, 0.4) is 0 Å². The molecule has 3 heterocycles. The van der Waals surface area contributed by atoms with E-state index >= 15 is 0 Å². The summed E-state index contributed by atoms with van der Waals surface area (Å²) >= 11 is 0. The van der Waals surface area contributed by atoms with Gasteiger partial charge in [0.1, 0.15) is 5.75 Å². The Morgan fingerprint density at radius 2 is 1.97 bits per heavy atom. The van der Waals surface area contributed by atoms with Crippen LogP contribution in [-0.2, 0) is 21.3 Å². The number of hydrogen-bond acceptors (Lipinski definition) is 5. The highest BCUT2D eigenvalue weighted by Crippen LogP contribution is 2.67. The van der Waals surface area contributed by atoms with Gasteiger partial charge in [-0.25, -0.2) is 0 Å². The van der Waals surface area contributed by atoms with Crippen molar-refractivity contribution >= 4 is 0 Å². The summed E-state index contributed by atoms with van der Waals surface area (Å²) in [6.45, 7) is 5.54. The van der Waals surface area contributed by atoms with Crippen molar-refractivity contribution in [3.8, 4) is 5.75 Å². The fraction of sp³-hybridized carbons (Fsp3) is 0.750. The largest absolute Gasteiger partial charge is 0.483 e. The van der Waals surface area contributed by atoms with E-state index in [1.807, 2.05) is 0 Å². The van der Waals surface area contributed by atoms with Gasteiger partial charge in [-0.3, -0.25) is 4.90 Å². The molecule has 4 atom stereocenters. The molecule has 2 unspecified atom stereocenters. The van der Waals surface area contributed by atoms with Gasteiger partial charge in [-0.15, -0.1) is 0 Å². The van der Waals surface area contributed by atoms with Crippen LogP contribution in [0.25, 0.3) is 0 Å². The number of hydrogen-bond donors (Lipinski definition) is 1. The summed E-state index contributed by atoms with van der Waals surface area (Å²) in [5.41, 5.74) is 2.63. The third kappa shape index (κ3) is 1.93. The van der Waals surface area contributed by atoms with Gasteiger partial charge in [0.15, 0.2) is 6.10 Å². The number of nitrogens with zero attached hydrogens (tertiary/aromatic N) is 1. The van der Waals surface area contributed by atoms with Crippen LogP contribution in [0.2, 0.25) is 0 Å². The standard InChI is InChI=1S/C24H31NO4/c1-15-5-6-17-13-18-23(26)7-8-24(27-11-12-28-24)21-22(23,19(17)20(15)29-21)9-10-25(18)14-16-3-2-4-16/h5-6,16,18,21,26H,2-4,7-14H2,1H3/t18-,21?,22+,23?/m1/s1. The first-order valence-corrected chi connectivity index (χ1v) is 11.6. The van der Waals surface area contributed by atoms with Crippen LogP contribution >= 0.6 is 0 Å². The van der Waals surface area contributed by atoms with Crippen molar-refractivity contribution in [2.24, 2.45) is 5.92 Å². The minimum Gasteiger partial charge on any atom is -0.483 e. The first-order chi connectivity index (χ1) is 14.1. The van der Waals surface area contributed by atoms with E-state index in [-0.39, 0.29) is 12.1 Å². The van der Waals surface area contributed by atoms with Crippen LogP contribution in [0.1, 0.15) is 55.2 Å². The molecule has 1 aromatic carbocycles. The Morgan fingerprint density at radius 3 is 2.72 bits per heavy atom. The summed E-state index contributed by atoms with van der Waals surface area (Å²) in [7, 11) is 0. The Kier molecular flexibility index (Phi) is 3.36. The molecule has 0 aromatic heterocycles. The van der Waals surface area contributed by atoms with Crippen molar-refractivity contribution in [1.29, 1.82) is 0 Å². The van der Waals surface area contributed by atoms with Gasteiger partial charge in [0.05, 0.1) is 24.2 Å². The Balaban J connectivity index is 1.41. The van der Waals surface area contributed by atoms with E-state index in [0.717, 1.165) is 44.0 Å². The summed E-state index contributed by atoms with van der Waals surface area (Å²) in [5, 5.41) is 12.5. The summed E-state index contributed by atoms with van der Waals surface area (Å²) in [6, 6.07) is 4.66. The van der Waals surface area contributed by atoms with Crippen LogP contribution < -0.4 is 4.74 Å². The van der Waals surface area contributed by atoms with E-state index in [0.29, 0.717) is 19.6 Å². The number of fused-ring (bicyclic) bond motifs is 1. The van der Waals surface area contributed by atoms with Crippen molar-refractivity contribution in [3.63, 3.8) is 0 Å². The lowest BCUT2D eigenvalue weighted by molar-refractivity contribution is -0.297. The first kappa shape index (κ1) is 17.5. The van der Waals surface area contributed by atoms with Crippen molar-refractivity contribution < 1.29 is 19.3 Å². The highest BCUT2D eigenvalue weighted by molar-refractivity contribution is 5.60. The zero-order valence-corrected chi connectivity index (χ0v) is 17.3. The second kappa shape index (κ2) is 5.56. The van der Waals surface area contributed by atoms with Gasteiger partial charge in [0.25, 0.3) is 0 Å². The molecule has 2 bridgehead atoms. The Hall–Kier alpha value is -1.14. The lowest BCUT2D eigenvalue weighted by Crippen LogP contribution is -2.79. The maximum Gasteiger partial charge on any atom is 0.207 e. The highest BCUT2D eigenvalue weighted by atomic mass is 16.8. The molecule has 2 spiro atoms. The number of aliphatic hydroxyl groups is 1. The molecule has 3 aliphatic heterocycles. The summed E-state index contributed by atoms with van der Waals surface area (Å²) in [6.07, 6.45) is 7.12. The van der Waals surface area contributed by atoms with Gasteiger partial charge in [-0.2, -0.15) is 0 Å². The second-order valence-corrected chi connectivity index (χ2v) is 10.4. The Labute approximate surface area is 172 Å². The summed E-state index contributed by atoms with van der Waals surface area (Å²) < 4.78 is 19.2. The molecular formula is C24H31NO4. The number of benzene rings is 1. The van der Waals surface area contributed by atoms with E-state index in [9.17, 15) is 5.11 Å². The summed E-state index contributed by atoms with van der Waals surface area (Å²) in [4.78, 5) is 2.63. The first-order valence-electron chi connectivity index (χ1n) is 11.6. The third-order valence-electron chi connectivity index (χ3n) is 9.29. The zero-order chi connectivity index (χ0) is 19.4. The number of aryl methyl sites for hydroxylation is 1. The quantitative estimate of drug-likeness (QED) is 0.832. The van der Waals surface area contributed by atoms with Gasteiger partial charge >= 0.3 is 0 Å². The predicted octanol–water partition coefficient (Wildman–Crippen LogP) is 2.69. The molecule has 1 aromatic rings. The lowest BCUT2D eigenvalue weighted by atomic mass is 9.48. The number of piperidine rings is 1. The summed E-state index contributed by atoms with van der Waals surface area (Å²) in [5.74, 6) is 1.11. The average Bonchev–Trinajstić information content (AvgIpc) is 3.28. The van der Waals surface area contributed by atoms with E-state index in [2.05, 4.69) is 24.0 Å². The molecule has 2 saturated heterocycles. The normalized spacial score (nSPS) is 41.9. The minimum atomic E-state index is -0.772. The Morgan fingerprint density at radius 1 is 1.14 bits per heavy atom. The van der Waals surface area contributed by atoms with Gasteiger partial charge < -0.3 is 19.3 Å². The number of likely N-dealkylation sites (tertiary alicyclic amines) is 1. The smallest absolute Gasteiger partial charge is 0.207 e. The van der Waals surface area contributed by atoms with Gasteiger partial charge in [-0.05, 0) is 62.6 Å². The fourth-order valence-corrected chi connectivity index (χ4v) is 7.73. The van der Waals surface area contributed by atoms with Gasteiger partial charge in [-0.1, -0.05) is 18.6 Å². The van der Waals surface area contributed by atoms with Crippen molar-refractivity contribution in [1.82, 2.24) is 4.90 Å². The molecule has 6 aliphatic rings. The van der Waals surface area contributed by atoms with Crippen molar-refractivity contribution in [3.05, 3.63) is 28.8 Å². The van der Waals surface area contributed by atoms with Crippen LogP contribution in [0.5, 0.6) is 5.75 Å². The molecule has 7 rings (SSSR count). The molecule has 1 N–H and O–H groups in total. The third-order valence-corrected chi connectivity index (χ3v) is 9.29. The van der Waals surface area contributed by atoms with Crippen molar-refractivity contribution in [2.75, 3.05) is 26.3 Å². The molecular weight excluding hydrogens is 366 g/mol. The maximum absolute atomic E-state index is 12.5. The van der Waals surface area contributed by atoms with Gasteiger partial charge in [0, 0.05) is 24.6 Å². The van der Waals surface area contributed by atoms with Crippen LogP contribution in [0.15, 0.2) is 12.1 Å². The molecule has 0 amide bonds. The second-order valence-electron chi connectivity index (χ2n) is 10.4. The molecule has 5 heteroatoms. The molecule has 29 heavy (non-hydrogen) atoms. The molecule has 3 aliphatic carbocycles. The average molecular weight is 398 g/mol. The molecule has 5 nitrogen and oxygen atoms in total. The maximum atomic E-state index is 12.5. The highest BCUT2D eigenvalue weighted by Gasteiger charge is 2.77. The van der Waals surface area contributed by atoms with Crippen LogP contribution in [-0.4, -0.2) is 59.8 Å². The molecule has 2 saturated carbocycles. The predicted molar refractivity (Wildman–Crippen MR) is 107 cm³/mol. The molecule has 0 radical (unpaired) electrons. The number of ether oxygens (including phenoxy) is 3. The minimum absolute atomic E-state index is 0.169. The number of rotatable bonds is 2. The van der Waals surface area contributed by atoms with E-state index in [4.69, 9.17) is 14.2 Å². The monoisotopic (exact) mass is 397 g/mol. The Bertz CT molecular complexity index is 876. The lowest BCUT2D eigenvalue weighted by Gasteiger charge is -2.65. The van der Waals surface area contributed by atoms with E-state index in [1.165, 1.54) is 36.0 Å². The van der Waals surface area contributed by atoms with Crippen LogP contribution in [0, 0.1) is 12.8 Å². The zero-order valence-electron chi connectivity index (χ0n) is 17.3. The topological polar surface area (TPSA) is 51.2 Å². The fourth-order valence-electron chi connectivity index (χ4n) is 7.73. The molecule has 4 fully saturated rings. The molecule has 156 valence electrons.